The molecule has 1 aliphatic carbocycles. The number of hydrogen-bond donors (Lipinski definition) is 1. The zero-order valence-corrected chi connectivity index (χ0v) is 12.0. The van der Waals surface area contributed by atoms with Crippen molar-refractivity contribution in [1.29, 1.82) is 0 Å². The SMILES string of the molecule is C=CC(NCCC)C1(N(CC)CC)CCCC1. The van der Waals surface area contributed by atoms with Gasteiger partial charge in [-0.2, -0.15) is 0 Å². The van der Waals surface area contributed by atoms with Crippen molar-refractivity contribution in [3.05, 3.63) is 12.7 Å². The van der Waals surface area contributed by atoms with Gasteiger partial charge in [0.25, 0.3) is 0 Å². The van der Waals surface area contributed by atoms with Crippen molar-refractivity contribution < 1.29 is 0 Å². The summed E-state index contributed by atoms with van der Waals surface area (Å²) in [6.07, 6.45) is 8.71. The number of hydrogen-bond acceptors (Lipinski definition) is 2. The molecule has 100 valence electrons. The first-order chi connectivity index (χ1) is 8.25. The molecule has 2 nitrogen and oxygen atoms in total. The highest BCUT2D eigenvalue weighted by Crippen LogP contribution is 2.38. The van der Waals surface area contributed by atoms with Gasteiger partial charge in [0.1, 0.15) is 0 Å². The van der Waals surface area contributed by atoms with Crippen LogP contribution >= 0.6 is 0 Å². The third kappa shape index (κ3) is 3.11. The zero-order chi connectivity index (χ0) is 12.7. The monoisotopic (exact) mass is 238 g/mol. The average molecular weight is 238 g/mol. The van der Waals surface area contributed by atoms with Crippen LogP contribution in [0.15, 0.2) is 12.7 Å². The lowest BCUT2D eigenvalue weighted by Gasteiger charge is -2.45. The average Bonchev–Trinajstić information content (AvgIpc) is 2.82. The van der Waals surface area contributed by atoms with Crippen molar-refractivity contribution in [3.8, 4) is 0 Å². The second-order valence-electron chi connectivity index (χ2n) is 5.15. The first kappa shape index (κ1) is 14.7. The van der Waals surface area contributed by atoms with Crippen LogP contribution < -0.4 is 5.32 Å². The van der Waals surface area contributed by atoms with E-state index in [0.717, 1.165) is 19.6 Å². The van der Waals surface area contributed by atoms with Crippen LogP contribution in [-0.4, -0.2) is 36.1 Å². The molecule has 0 amide bonds. The third-order valence-electron chi connectivity index (χ3n) is 4.29. The van der Waals surface area contributed by atoms with E-state index in [-0.39, 0.29) is 0 Å². The molecule has 1 unspecified atom stereocenters. The Balaban J connectivity index is 2.83. The van der Waals surface area contributed by atoms with E-state index in [1.807, 2.05) is 0 Å². The molecule has 0 radical (unpaired) electrons. The molecule has 0 bridgehead atoms. The minimum absolute atomic E-state index is 0.334. The van der Waals surface area contributed by atoms with E-state index in [0.29, 0.717) is 11.6 Å². The van der Waals surface area contributed by atoms with Crippen molar-refractivity contribution in [2.45, 2.75) is 64.5 Å². The summed E-state index contributed by atoms with van der Waals surface area (Å²) < 4.78 is 0. The fraction of sp³-hybridized carbons (Fsp3) is 0.867. The van der Waals surface area contributed by atoms with Gasteiger partial charge in [0.15, 0.2) is 0 Å². The summed E-state index contributed by atoms with van der Waals surface area (Å²) in [5, 5.41) is 3.69. The summed E-state index contributed by atoms with van der Waals surface area (Å²) in [6, 6.07) is 0.449. The molecule has 0 aliphatic heterocycles. The van der Waals surface area contributed by atoms with Crippen molar-refractivity contribution in [2.24, 2.45) is 0 Å². The molecule has 0 heterocycles. The Labute approximate surface area is 107 Å². The molecule has 0 aromatic heterocycles. The van der Waals surface area contributed by atoms with Crippen LogP contribution in [0.2, 0.25) is 0 Å². The minimum atomic E-state index is 0.334. The lowest BCUT2D eigenvalue weighted by atomic mass is 9.85. The summed E-state index contributed by atoms with van der Waals surface area (Å²) in [5.41, 5.74) is 0.334. The van der Waals surface area contributed by atoms with Gasteiger partial charge in [-0.05, 0) is 38.9 Å². The maximum absolute atomic E-state index is 4.07. The summed E-state index contributed by atoms with van der Waals surface area (Å²) in [4.78, 5) is 2.65. The van der Waals surface area contributed by atoms with Crippen LogP contribution in [-0.2, 0) is 0 Å². The predicted octanol–water partition coefficient (Wildman–Crippen LogP) is 3.20. The van der Waals surface area contributed by atoms with E-state index in [1.165, 1.54) is 32.1 Å². The Kier molecular flexibility index (Phi) is 6.21. The van der Waals surface area contributed by atoms with Crippen LogP contribution in [0.3, 0.4) is 0 Å². The maximum Gasteiger partial charge on any atom is 0.0434 e. The number of nitrogens with zero attached hydrogens (tertiary/aromatic N) is 1. The fourth-order valence-corrected chi connectivity index (χ4v) is 3.46. The molecule has 2 heteroatoms. The minimum Gasteiger partial charge on any atom is -0.309 e. The lowest BCUT2D eigenvalue weighted by Crippen LogP contribution is -2.59. The molecule has 1 atom stereocenters. The zero-order valence-electron chi connectivity index (χ0n) is 12.0. The number of rotatable bonds is 8. The second kappa shape index (κ2) is 7.17. The number of likely N-dealkylation sites (N-methyl/N-ethyl adjacent to an activating group) is 1. The van der Waals surface area contributed by atoms with E-state index >= 15 is 0 Å². The van der Waals surface area contributed by atoms with Gasteiger partial charge in [0.2, 0.25) is 0 Å². The Morgan fingerprint density at radius 1 is 1.24 bits per heavy atom. The van der Waals surface area contributed by atoms with Crippen LogP contribution in [0.25, 0.3) is 0 Å². The Morgan fingerprint density at radius 3 is 2.24 bits per heavy atom. The molecule has 1 rings (SSSR count). The van der Waals surface area contributed by atoms with Gasteiger partial charge in [-0.3, -0.25) is 4.90 Å². The van der Waals surface area contributed by atoms with Gasteiger partial charge in [-0.1, -0.05) is 39.7 Å². The van der Waals surface area contributed by atoms with Gasteiger partial charge in [-0.15, -0.1) is 6.58 Å². The Morgan fingerprint density at radius 2 is 1.82 bits per heavy atom. The first-order valence-electron chi connectivity index (χ1n) is 7.36. The van der Waals surface area contributed by atoms with Crippen LogP contribution in [0.4, 0.5) is 0 Å². The highest BCUT2D eigenvalue weighted by molar-refractivity contribution is 5.09. The summed E-state index contributed by atoms with van der Waals surface area (Å²) in [7, 11) is 0. The lowest BCUT2D eigenvalue weighted by molar-refractivity contribution is 0.0793. The molecule has 0 saturated heterocycles. The van der Waals surface area contributed by atoms with Gasteiger partial charge < -0.3 is 5.32 Å². The van der Waals surface area contributed by atoms with E-state index in [2.05, 4.69) is 43.6 Å². The Bertz CT molecular complexity index is 215. The van der Waals surface area contributed by atoms with E-state index in [9.17, 15) is 0 Å². The molecule has 1 saturated carbocycles. The Hall–Kier alpha value is -0.340. The normalized spacial score (nSPS) is 20.7. The molecule has 17 heavy (non-hydrogen) atoms. The van der Waals surface area contributed by atoms with Crippen molar-refractivity contribution in [1.82, 2.24) is 10.2 Å². The maximum atomic E-state index is 4.07. The van der Waals surface area contributed by atoms with E-state index < -0.39 is 0 Å². The molecule has 0 spiro atoms. The number of nitrogens with one attached hydrogen (secondary N) is 1. The second-order valence-corrected chi connectivity index (χ2v) is 5.15. The largest absolute Gasteiger partial charge is 0.309 e. The van der Waals surface area contributed by atoms with Crippen molar-refractivity contribution in [3.63, 3.8) is 0 Å². The molecule has 0 aromatic carbocycles. The van der Waals surface area contributed by atoms with Crippen LogP contribution in [0.1, 0.15) is 52.9 Å². The molecule has 1 N–H and O–H groups in total. The van der Waals surface area contributed by atoms with E-state index in [1.54, 1.807) is 0 Å². The van der Waals surface area contributed by atoms with Crippen LogP contribution in [0, 0.1) is 0 Å². The predicted molar refractivity (Wildman–Crippen MR) is 76.4 cm³/mol. The van der Waals surface area contributed by atoms with E-state index in [4.69, 9.17) is 0 Å². The van der Waals surface area contributed by atoms with Gasteiger partial charge in [0, 0.05) is 11.6 Å². The first-order valence-corrected chi connectivity index (χ1v) is 7.36. The van der Waals surface area contributed by atoms with Gasteiger partial charge in [-0.25, -0.2) is 0 Å². The van der Waals surface area contributed by atoms with Gasteiger partial charge in [0.05, 0.1) is 0 Å². The summed E-state index contributed by atoms with van der Waals surface area (Å²) in [6.45, 7) is 14.2. The molecule has 1 fully saturated rings. The fourth-order valence-electron chi connectivity index (χ4n) is 3.46. The van der Waals surface area contributed by atoms with Gasteiger partial charge >= 0.3 is 0 Å². The smallest absolute Gasteiger partial charge is 0.0434 e. The van der Waals surface area contributed by atoms with Crippen LogP contribution in [0.5, 0.6) is 0 Å². The summed E-state index contributed by atoms with van der Waals surface area (Å²) in [5.74, 6) is 0. The highest BCUT2D eigenvalue weighted by atomic mass is 15.2. The standard InChI is InChI=1S/C15H30N2/c1-5-13-16-14(6-2)15(11-9-10-12-15)17(7-3)8-4/h6,14,16H,2,5,7-13H2,1,3-4H3. The molecular formula is C15H30N2. The topological polar surface area (TPSA) is 15.3 Å². The third-order valence-corrected chi connectivity index (χ3v) is 4.29. The van der Waals surface area contributed by atoms with Crippen molar-refractivity contribution >= 4 is 0 Å². The summed E-state index contributed by atoms with van der Waals surface area (Å²) >= 11 is 0. The highest BCUT2D eigenvalue weighted by Gasteiger charge is 2.43. The molecule has 1 aliphatic rings. The molecular weight excluding hydrogens is 208 g/mol. The molecule has 0 aromatic rings. The quantitative estimate of drug-likeness (QED) is 0.653. The van der Waals surface area contributed by atoms with Crippen molar-refractivity contribution in [2.75, 3.05) is 19.6 Å².